The summed E-state index contributed by atoms with van der Waals surface area (Å²) in [4.78, 5) is 3.98. The zero-order valence-corrected chi connectivity index (χ0v) is 9.27. The number of hydrogen-bond acceptors (Lipinski definition) is 5. The molecule has 0 saturated heterocycles. The highest BCUT2D eigenvalue weighted by atomic mass is 32.2. The minimum Gasteiger partial charge on any atom is -0.384 e. The molecule has 7 heteroatoms. The van der Waals surface area contributed by atoms with Crippen molar-refractivity contribution < 1.29 is 13.2 Å². The Labute approximate surface area is 88.3 Å². The van der Waals surface area contributed by atoms with Crippen LogP contribution in [0.3, 0.4) is 0 Å². The lowest BCUT2D eigenvalue weighted by atomic mass is 10.4. The molecular formula is C8H13N3O3S. The van der Waals surface area contributed by atoms with Crippen LogP contribution in [-0.4, -0.2) is 42.1 Å². The van der Waals surface area contributed by atoms with E-state index in [9.17, 15) is 8.42 Å². The normalized spacial score (nSPS) is 16.9. The number of hydrogen-bond donors (Lipinski definition) is 0. The van der Waals surface area contributed by atoms with Crippen LogP contribution in [0.15, 0.2) is 6.33 Å². The number of ether oxygens (including phenoxy) is 1. The number of nitrogens with zero attached hydrogens (tertiary/aromatic N) is 3. The standard InChI is InChI=1S/C8H13N3O3S/c1-14-4-5-15(12,13)11-6-9-8(10-11)7-2-3-7/h6-7H,2-5H2,1H3. The second-order valence-corrected chi connectivity index (χ2v) is 5.50. The predicted octanol–water partition coefficient (Wildman–Crippen LogP) is -0.0202. The van der Waals surface area contributed by atoms with Gasteiger partial charge >= 0.3 is 0 Å². The van der Waals surface area contributed by atoms with Crippen LogP contribution in [-0.2, 0) is 14.8 Å². The summed E-state index contributed by atoms with van der Waals surface area (Å²) in [5.41, 5.74) is 0. The van der Waals surface area contributed by atoms with Crippen molar-refractivity contribution in [2.45, 2.75) is 18.8 Å². The van der Waals surface area contributed by atoms with Crippen molar-refractivity contribution in [3.8, 4) is 0 Å². The highest BCUT2D eigenvalue weighted by Crippen LogP contribution is 2.37. The van der Waals surface area contributed by atoms with E-state index >= 15 is 0 Å². The molecule has 1 heterocycles. The van der Waals surface area contributed by atoms with Crippen LogP contribution in [0, 0.1) is 0 Å². The molecule has 0 radical (unpaired) electrons. The lowest BCUT2D eigenvalue weighted by Crippen LogP contribution is -2.20. The van der Waals surface area contributed by atoms with Gasteiger partial charge in [-0.3, -0.25) is 0 Å². The van der Waals surface area contributed by atoms with E-state index in [0.29, 0.717) is 11.7 Å². The van der Waals surface area contributed by atoms with Crippen molar-refractivity contribution >= 4 is 10.0 Å². The number of aromatic nitrogens is 3. The highest BCUT2D eigenvalue weighted by Gasteiger charge is 2.28. The quantitative estimate of drug-likeness (QED) is 0.712. The molecule has 0 spiro atoms. The maximum atomic E-state index is 11.6. The molecule has 2 rings (SSSR count). The van der Waals surface area contributed by atoms with Crippen LogP contribution in [0.4, 0.5) is 0 Å². The van der Waals surface area contributed by atoms with Gasteiger partial charge in [-0.05, 0) is 12.8 Å². The van der Waals surface area contributed by atoms with Gasteiger partial charge in [0.1, 0.15) is 6.33 Å². The van der Waals surface area contributed by atoms with Crippen LogP contribution < -0.4 is 0 Å². The Balaban J connectivity index is 2.13. The van der Waals surface area contributed by atoms with Crippen LogP contribution in [0.5, 0.6) is 0 Å². The van der Waals surface area contributed by atoms with Crippen LogP contribution >= 0.6 is 0 Å². The van der Waals surface area contributed by atoms with Gasteiger partial charge in [-0.25, -0.2) is 13.4 Å². The summed E-state index contributed by atoms with van der Waals surface area (Å²) >= 11 is 0. The third-order valence-electron chi connectivity index (χ3n) is 2.26. The van der Waals surface area contributed by atoms with E-state index < -0.39 is 10.0 Å². The van der Waals surface area contributed by atoms with Crippen LogP contribution in [0.2, 0.25) is 0 Å². The summed E-state index contributed by atoms with van der Waals surface area (Å²) in [6.07, 6.45) is 3.38. The fourth-order valence-corrected chi connectivity index (χ4v) is 2.17. The van der Waals surface area contributed by atoms with E-state index in [1.54, 1.807) is 0 Å². The van der Waals surface area contributed by atoms with Crippen molar-refractivity contribution in [3.05, 3.63) is 12.2 Å². The second kappa shape index (κ2) is 3.90. The van der Waals surface area contributed by atoms with E-state index in [2.05, 4.69) is 10.1 Å². The first-order valence-electron chi connectivity index (χ1n) is 4.77. The van der Waals surface area contributed by atoms with Crippen molar-refractivity contribution in [3.63, 3.8) is 0 Å². The minimum absolute atomic E-state index is 0.0725. The largest absolute Gasteiger partial charge is 0.384 e. The third kappa shape index (κ3) is 2.35. The molecule has 84 valence electrons. The van der Waals surface area contributed by atoms with Gasteiger partial charge in [0.25, 0.3) is 10.0 Å². The zero-order chi connectivity index (χ0) is 10.9. The molecule has 1 aliphatic carbocycles. The first-order chi connectivity index (χ1) is 7.13. The first-order valence-corrected chi connectivity index (χ1v) is 6.38. The summed E-state index contributed by atoms with van der Waals surface area (Å²) in [5, 5.41) is 3.96. The molecule has 0 bridgehead atoms. The fourth-order valence-electron chi connectivity index (χ4n) is 1.21. The second-order valence-electron chi connectivity index (χ2n) is 3.56. The molecule has 0 N–H and O–H groups in total. The highest BCUT2D eigenvalue weighted by molar-refractivity contribution is 7.89. The van der Waals surface area contributed by atoms with Crippen molar-refractivity contribution in [2.75, 3.05) is 19.5 Å². The zero-order valence-electron chi connectivity index (χ0n) is 8.46. The molecule has 0 amide bonds. The Kier molecular flexibility index (Phi) is 2.74. The van der Waals surface area contributed by atoms with Crippen molar-refractivity contribution in [1.82, 2.24) is 14.2 Å². The Morgan fingerprint density at radius 2 is 2.33 bits per heavy atom. The molecule has 1 saturated carbocycles. The molecule has 1 aromatic heterocycles. The summed E-state index contributed by atoms with van der Waals surface area (Å²) in [6, 6.07) is 0. The van der Waals surface area contributed by atoms with Crippen LogP contribution in [0.1, 0.15) is 24.6 Å². The minimum atomic E-state index is -3.39. The Bertz CT molecular complexity index is 436. The van der Waals surface area contributed by atoms with Gasteiger partial charge in [-0.2, -0.15) is 0 Å². The maximum Gasteiger partial charge on any atom is 0.257 e. The van der Waals surface area contributed by atoms with Gasteiger partial charge < -0.3 is 4.74 Å². The van der Waals surface area contributed by atoms with Gasteiger partial charge in [0.05, 0.1) is 12.4 Å². The van der Waals surface area contributed by atoms with Gasteiger partial charge in [-0.15, -0.1) is 9.19 Å². The third-order valence-corrected chi connectivity index (χ3v) is 3.69. The van der Waals surface area contributed by atoms with Gasteiger partial charge in [0, 0.05) is 13.0 Å². The van der Waals surface area contributed by atoms with E-state index in [1.165, 1.54) is 13.4 Å². The van der Waals surface area contributed by atoms with Crippen molar-refractivity contribution in [2.24, 2.45) is 0 Å². The van der Waals surface area contributed by atoms with E-state index in [4.69, 9.17) is 4.74 Å². The van der Waals surface area contributed by atoms with Crippen LogP contribution in [0.25, 0.3) is 0 Å². The summed E-state index contributed by atoms with van der Waals surface area (Å²) < 4.78 is 28.9. The maximum absolute atomic E-state index is 11.6. The first kappa shape index (κ1) is 10.6. The van der Waals surface area contributed by atoms with E-state index in [1.807, 2.05) is 0 Å². The number of methoxy groups -OCH3 is 1. The average Bonchev–Trinajstić information content (AvgIpc) is 2.93. The molecule has 0 aliphatic heterocycles. The molecule has 1 aromatic rings. The fraction of sp³-hybridized carbons (Fsp3) is 0.750. The smallest absolute Gasteiger partial charge is 0.257 e. The Morgan fingerprint density at radius 3 is 2.93 bits per heavy atom. The SMILES string of the molecule is COCCS(=O)(=O)n1cnc(C2CC2)n1. The molecule has 15 heavy (non-hydrogen) atoms. The van der Waals surface area contributed by atoms with Crippen molar-refractivity contribution in [1.29, 1.82) is 0 Å². The summed E-state index contributed by atoms with van der Waals surface area (Å²) in [5.74, 6) is 0.927. The lowest BCUT2D eigenvalue weighted by Gasteiger charge is -2.01. The van der Waals surface area contributed by atoms with Gasteiger partial charge in [-0.1, -0.05) is 0 Å². The van der Waals surface area contributed by atoms with E-state index in [0.717, 1.165) is 16.9 Å². The van der Waals surface area contributed by atoms with E-state index in [-0.39, 0.29) is 12.4 Å². The molecule has 0 unspecified atom stereocenters. The number of rotatable bonds is 5. The Hall–Kier alpha value is -0.950. The molecule has 6 nitrogen and oxygen atoms in total. The monoisotopic (exact) mass is 231 g/mol. The molecule has 0 aromatic carbocycles. The van der Waals surface area contributed by atoms with Gasteiger partial charge in [0.15, 0.2) is 5.82 Å². The molecule has 0 atom stereocenters. The topological polar surface area (TPSA) is 74.1 Å². The summed E-state index contributed by atoms with van der Waals surface area (Å²) in [7, 11) is -1.92. The Morgan fingerprint density at radius 1 is 1.60 bits per heavy atom. The van der Waals surface area contributed by atoms with Gasteiger partial charge in [0.2, 0.25) is 0 Å². The average molecular weight is 231 g/mol. The molecular weight excluding hydrogens is 218 g/mol. The molecule has 1 aliphatic rings. The lowest BCUT2D eigenvalue weighted by molar-refractivity contribution is 0.217. The predicted molar refractivity (Wildman–Crippen MR) is 53.1 cm³/mol. The summed E-state index contributed by atoms with van der Waals surface area (Å²) in [6.45, 7) is 0.168. The molecule has 1 fully saturated rings.